The normalized spacial score (nSPS) is 20.2. The van der Waals surface area contributed by atoms with Gasteiger partial charge in [-0.2, -0.15) is 5.10 Å². The minimum atomic E-state index is -1.32. The third-order valence-electron chi connectivity index (χ3n) is 3.65. The van der Waals surface area contributed by atoms with Gasteiger partial charge in [-0.15, -0.1) is 0 Å². The Morgan fingerprint density at radius 2 is 1.67 bits per heavy atom. The van der Waals surface area contributed by atoms with Crippen LogP contribution in [0.1, 0.15) is 11.6 Å². The minimum Gasteiger partial charge on any atom is -0.477 e. The van der Waals surface area contributed by atoms with Crippen molar-refractivity contribution in [3.63, 3.8) is 0 Å². The van der Waals surface area contributed by atoms with Crippen LogP contribution in [0.5, 0.6) is 0 Å². The van der Waals surface area contributed by atoms with Gasteiger partial charge in [0.2, 0.25) is 0 Å². The molecule has 1 aliphatic rings. The van der Waals surface area contributed by atoms with Gasteiger partial charge in [0.25, 0.3) is 0 Å². The van der Waals surface area contributed by atoms with E-state index in [1.165, 1.54) is 11.1 Å². The predicted octanol–water partition coefficient (Wildman–Crippen LogP) is 4.01. The van der Waals surface area contributed by atoms with Crippen molar-refractivity contribution in [3.8, 4) is 0 Å². The van der Waals surface area contributed by atoms with E-state index in [1.807, 2.05) is 0 Å². The Morgan fingerprint density at radius 1 is 1.04 bits per heavy atom. The molecular formula is C16H11Cl3N2O3. The second-order valence-corrected chi connectivity index (χ2v) is 6.45. The standard InChI is InChI=1S/C16H11Cl3N2O3/c17-9-3-1-8(2-4-9)14-15(22)13(16(23)24)20-21(14)12-6-5-10(18)7-11(12)19/h1-7,14-15,22H,(H,23,24). The van der Waals surface area contributed by atoms with E-state index in [0.717, 1.165) is 0 Å². The number of rotatable bonds is 3. The molecule has 1 heterocycles. The van der Waals surface area contributed by atoms with E-state index in [2.05, 4.69) is 5.10 Å². The highest BCUT2D eigenvalue weighted by Gasteiger charge is 2.41. The first-order valence-electron chi connectivity index (χ1n) is 6.88. The number of aliphatic carboxylic acids is 1. The highest BCUT2D eigenvalue weighted by Crippen LogP contribution is 2.40. The van der Waals surface area contributed by atoms with Gasteiger partial charge in [0.05, 0.1) is 10.7 Å². The summed E-state index contributed by atoms with van der Waals surface area (Å²) in [5.74, 6) is -1.30. The Hall–Kier alpha value is -1.79. The first-order valence-corrected chi connectivity index (χ1v) is 8.01. The highest BCUT2D eigenvalue weighted by molar-refractivity contribution is 6.39. The van der Waals surface area contributed by atoms with Crippen LogP contribution < -0.4 is 5.01 Å². The van der Waals surface area contributed by atoms with Gasteiger partial charge in [-0.1, -0.05) is 46.9 Å². The zero-order chi connectivity index (χ0) is 17.4. The zero-order valence-electron chi connectivity index (χ0n) is 12.0. The molecule has 5 nitrogen and oxygen atoms in total. The average molecular weight is 386 g/mol. The van der Waals surface area contributed by atoms with Crippen LogP contribution in [0.3, 0.4) is 0 Å². The molecule has 1 aliphatic heterocycles. The fourth-order valence-corrected chi connectivity index (χ4v) is 3.17. The monoisotopic (exact) mass is 384 g/mol. The highest BCUT2D eigenvalue weighted by atomic mass is 35.5. The van der Waals surface area contributed by atoms with Crippen LogP contribution in [0.4, 0.5) is 5.69 Å². The second kappa shape index (κ2) is 6.61. The van der Waals surface area contributed by atoms with Gasteiger partial charge in [-0.05, 0) is 35.9 Å². The fourth-order valence-electron chi connectivity index (χ4n) is 2.54. The SMILES string of the molecule is O=C(O)C1=NN(c2ccc(Cl)cc2Cl)C(c2ccc(Cl)cc2)C1O. The van der Waals surface area contributed by atoms with Gasteiger partial charge in [0.15, 0.2) is 5.71 Å². The lowest BCUT2D eigenvalue weighted by Gasteiger charge is -2.26. The number of benzene rings is 2. The summed E-state index contributed by atoms with van der Waals surface area (Å²) in [5, 5.41) is 26.4. The van der Waals surface area contributed by atoms with Crippen molar-refractivity contribution in [1.29, 1.82) is 0 Å². The summed E-state index contributed by atoms with van der Waals surface area (Å²) in [6, 6.07) is 10.7. The lowest BCUT2D eigenvalue weighted by Crippen LogP contribution is -2.32. The van der Waals surface area contributed by atoms with E-state index in [1.54, 1.807) is 36.4 Å². The number of hydrogen-bond acceptors (Lipinski definition) is 4. The molecule has 2 aromatic rings. The average Bonchev–Trinajstić information content (AvgIpc) is 2.86. The third kappa shape index (κ3) is 3.08. The van der Waals surface area contributed by atoms with Crippen LogP contribution in [0.25, 0.3) is 0 Å². The second-order valence-electron chi connectivity index (χ2n) is 5.17. The Kier molecular flexibility index (Phi) is 4.69. The molecule has 0 amide bonds. The number of halogens is 3. The quantitative estimate of drug-likeness (QED) is 0.837. The number of aliphatic hydroxyl groups excluding tert-OH is 1. The topological polar surface area (TPSA) is 73.1 Å². The van der Waals surface area contributed by atoms with Gasteiger partial charge in [-0.3, -0.25) is 5.01 Å². The summed E-state index contributed by atoms with van der Waals surface area (Å²) in [5.41, 5.74) is 0.732. The predicted molar refractivity (Wildman–Crippen MR) is 94.2 cm³/mol. The number of aliphatic hydroxyl groups is 1. The largest absolute Gasteiger partial charge is 0.477 e. The molecule has 24 heavy (non-hydrogen) atoms. The summed E-state index contributed by atoms with van der Waals surface area (Å²) in [6.45, 7) is 0. The maximum Gasteiger partial charge on any atom is 0.354 e. The molecule has 8 heteroatoms. The first kappa shape index (κ1) is 17.0. The van der Waals surface area contributed by atoms with Crippen molar-refractivity contribution < 1.29 is 15.0 Å². The van der Waals surface area contributed by atoms with Crippen molar-refractivity contribution in [2.45, 2.75) is 12.1 Å². The molecule has 0 saturated carbocycles. The maximum atomic E-state index is 11.4. The van der Waals surface area contributed by atoms with Gasteiger partial charge < -0.3 is 10.2 Å². The third-order valence-corrected chi connectivity index (χ3v) is 4.44. The number of hydrogen-bond donors (Lipinski definition) is 2. The van der Waals surface area contributed by atoms with E-state index in [9.17, 15) is 15.0 Å². The Balaban J connectivity index is 2.11. The first-order chi connectivity index (χ1) is 11.4. The molecule has 124 valence electrons. The van der Waals surface area contributed by atoms with Crippen molar-refractivity contribution >= 4 is 52.2 Å². The maximum absolute atomic E-state index is 11.4. The van der Waals surface area contributed by atoms with Crippen LogP contribution in [-0.2, 0) is 4.79 Å². The number of carboxylic acids is 1. The van der Waals surface area contributed by atoms with Crippen LogP contribution in [0.15, 0.2) is 47.6 Å². The molecule has 3 rings (SSSR count). The number of hydrazone groups is 1. The summed E-state index contributed by atoms with van der Waals surface area (Å²) in [6.07, 6.45) is -1.32. The molecule has 2 atom stereocenters. The van der Waals surface area contributed by atoms with E-state index >= 15 is 0 Å². The Bertz CT molecular complexity index is 824. The fraction of sp³-hybridized carbons (Fsp3) is 0.125. The van der Waals surface area contributed by atoms with Crippen molar-refractivity contribution in [2.24, 2.45) is 5.10 Å². The summed E-state index contributed by atoms with van der Waals surface area (Å²) >= 11 is 18.0. The van der Waals surface area contributed by atoms with Crippen LogP contribution in [0, 0.1) is 0 Å². The van der Waals surface area contributed by atoms with Crippen LogP contribution >= 0.6 is 34.8 Å². The van der Waals surface area contributed by atoms with Gasteiger partial charge in [0.1, 0.15) is 12.1 Å². The van der Waals surface area contributed by atoms with Crippen molar-refractivity contribution in [2.75, 3.05) is 5.01 Å². The summed E-state index contributed by atoms with van der Waals surface area (Å²) < 4.78 is 0. The van der Waals surface area contributed by atoms with Gasteiger partial charge in [0, 0.05) is 10.0 Å². The molecule has 0 bridgehead atoms. The molecule has 0 fully saturated rings. The minimum absolute atomic E-state index is 0.295. The van der Waals surface area contributed by atoms with Crippen molar-refractivity contribution in [3.05, 3.63) is 63.1 Å². The van der Waals surface area contributed by atoms with E-state index in [-0.39, 0.29) is 5.71 Å². The van der Waals surface area contributed by atoms with E-state index < -0.39 is 18.1 Å². The molecule has 2 aromatic carbocycles. The van der Waals surface area contributed by atoms with E-state index in [0.29, 0.717) is 26.3 Å². The number of carboxylic acid groups (broad SMARTS) is 1. The Morgan fingerprint density at radius 3 is 2.25 bits per heavy atom. The Labute approximate surface area is 152 Å². The molecule has 0 aromatic heterocycles. The molecular weight excluding hydrogens is 375 g/mol. The van der Waals surface area contributed by atoms with Crippen molar-refractivity contribution in [1.82, 2.24) is 0 Å². The molecule has 0 radical (unpaired) electrons. The van der Waals surface area contributed by atoms with Gasteiger partial charge in [-0.25, -0.2) is 4.79 Å². The molecule has 2 N–H and O–H groups in total. The molecule has 0 aliphatic carbocycles. The summed E-state index contributed by atoms with van der Waals surface area (Å²) in [4.78, 5) is 11.4. The number of nitrogens with zero attached hydrogens (tertiary/aromatic N) is 2. The van der Waals surface area contributed by atoms with Crippen LogP contribution in [-0.4, -0.2) is 28.0 Å². The molecule has 0 saturated heterocycles. The molecule has 0 spiro atoms. The smallest absolute Gasteiger partial charge is 0.354 e. The lowest BCUT2D eigenvalue weighted by molar-refractivity contribution is -0.129. The number of carbonyl (C=O) groups is 1. The van der Waals surface area contributed by atoms with Crippen LogP contribution in [0.2, 0.25) is 15.1 Å². The summed E-state index contributed by atoms with van der Waals surface area (Å²) in [7, 11) is 0. The zero-order valence-corrected chi connectivity index (χ0v) is 14.3. The van der Waals surface area contributed by atoms with Gasteiger partial charge >= 0.3 is 5.97 Å². The number of anilines is 1. The van der Waals surface area contributed by atoms with E-state index in [4.69, 9.17) is 34.8 Å². The lowest BCUT2D eigenvalue weighted by atomic mass is 9.98. The molecule has 2 unspecified atom stereocenters.